The molecule has 96 valence electrons. The summed E-state index contributed by atoms with van der Waals surface area (Å²) in [5.74, 6) is -0.158. The zero-order valence-electron chi connectivity index (χ0n) is 11.0. The topological polar surface area (TPSA) is 27.0 Å². The number of aryl methyl sites for hydroxylation is 1. The second-order valence-electron chi connectivity index (χ2n) is 5.50. The van der Waals surface area contributed by atoms with Crippen LogP contribution in [0.1, 0.15) is 30.4 Å². The fourth-order valence-electron chi connectivity index (χ4n) is 2.60. The van der Waals surface area contributed by atoms with Crippen molar-refractivity contribution in [3.8, 4) is 6.07 Å². The first-order chi connectivity index (χ1) is 8.54. The molecule has 0 radical (unpaired) electrons. The molecule has 0 N–H and O–H groups in total. The lowest BCUT2D eigenvalue weighted by atomic mass is 9.69. The van der Waals surface area contributed by atoms with E-state index in [-0.39, 0.29) is 11.2 Å². The Morgan fingerprint density at radius 1 is 1.44 bits per heavy atom. The molecule has 0 aromatic heterocycles. The molecule has 0 atom stereocenters. The summed E-state index contributed by atoms with van der Waals surface area (Å²) in [6, 6.07) is 7.66. The molecule has 0 spiro atoms. The summed E-state index contributed by atoms with van der Waals surface area (Å²) < 4.78 is 13.2. The third-order valence-electron chi connectivity index (χ3n) is 3.80. The normalized spacial score (nSPS) is 17.3. The van der Waals surface area contributed by atoms with Gasteiger partial charge in [-0.2, -0.15) is 5.26 Å². The van der Waals surface area contributed by atoms with Crippen LogP contribution in [-0.4, -0.2) is 18.5 Å². The van der Waals surface area contributed by atoms with Crippen molar-refractivity contribution in [2.75, 3.05) is 13.6 Å². The molecule has 0 aliphatic heterocycles. The summed E-state index contributed by atoms with van der Waals surface area (Å²) in [4.78, 5) is 2.16. The Kier molecular flexibility index (Phi) is 3.68. The minimum absolute atomic E-state index is 0.135. The van der Waals surface area contributed by atoms with Crippen LogP contribution in [0.25, 0.3) is 0 Å². The van der Waals surface area contributed by atoms with Crippen molar-refractivity contribution >= 4 is 0 Å². The Morgan fingerprint density at radius 3 is 2.67 bits per heavy atom. The van der Waals surface area contributed by atoms with Crippen molar-refractivity contribution in [3.63, 3.8) is 0 Å². The van der Waals surface area contributed by atoms with E-state index in [0.717, 1.165) is 37.9 Å². The zero-order valence-corrected chi connectivity index (χ0v) is 11.0. The summed E-state index contributed by atoms with van der Waals surface area (Å²) >= 11 is 0. The maximum atomic E-state index is 13.2. The zero-order chi connectivity index (χ0) is 13.2. The van der Waals surface area contributed by atoms with Gasteiger partial charge in [0.2, 0.25) is 0 Å². The van der Waals surface area contributed by atoms with Gasteiger partial charge in [0.15, 0.2) is 0 Å². The number of halogens is 1. The average Bonchev–Trinajstić information content (AvgIpc) is 2.29. The number of hydrogen-bond donors (Lipinski definition) is 0. The second kappa shape index (κ2) is 5.07. The molecule has 1 saturated carbocycles. The molecule has 0 bridgehead atoms. The standard InChI is InChI=1S/C15H19FN2/c1-12-8-13(4-5-14(12)16)9-18(2)11-15(10-17)6-3-7-15/h4-5,8H,3,6-7,9,11H2,1-2H3. The Morgan fingerprint density at radius 2 is 2.17 bits per heavy atom. The van der Waals surface area contributed by atoms with E-state index in [1.54, 1.807) is 6.92 Å². The van der Waals surface area contributed by atoms with Gasteiger partial charge in [-0.05, 0) is 44.0 Å². The predicted octanol–water partition coefficient (Wildman–Crippen LogP) is 3.26. The maximum absolute atomic E-state index is 13.2. The Labute approximate surface area is 108 Å². The van der Waals surface area contributed by atoms with E-state index < -0.39 is 0 Å². The summed E-state index contributed by atoms with van der Waals surface area (Å²) in [5, 5.41) is 9.21. The van der Waals surface area contributed by atoms with Crippen LogP contribution in [0.3, 0.4) is 0 Å². The molecule has 1 fully saturated rings. The van der Waals surface area contributed by atoms with Crippen molar-refractivity contribution < 1.29 is 4.39 Å². The fraction of sp³-hybridized carbons (Fsp3) is 0.533. The molecule has 0 amide bonds. The monoisotopic (exact) mass is 246 g/mol. The summed E-state index contributed by atoms with van der Waals surface area (Å²) in [6.45, 7) is 3.35. The minimum Gasteiger partial charge on any atom is -0.301 e. The molecule has 0 unspecified atom stereocenters. The highest BCUT2D eigenvalue weighted by molar-refractivity contribution is 5.24. The van der Waals surface area contributed by atoms with Crippen molar-refractivity contribution in [2.24, 2.45) is 5.41 Å². The van der Waals surface area contributed by atoms with E-state index >= 15 is 0 Å². The highest BCUT2D eigenvalue weighted by Crippen LogP contribution is 2.40. The van der Waals surface area contributed by atoms with Crippen LogP contribution < -0.4 is 0 Å². The van der Waals surface area contributed by atoms with Gasteiger partial charge in [0.05, 0.1) is 11.5 Å². The highest BCUT2D eigenvalue weighted by atomic mass is 19.1. The number of nitrogens with zero attached hydrogens (tertiary/aromatic N) is 2. The van der Waals surface area contributed by atoms with E-state index in [4.69, 9.17) is 0 Å². The summed E-state index contributed by atoms with van der Waals surface area (Å²) in [6.07, 6.45) is 3.18. The van der Waals surface area contributed by atoms with Gasteiger partial charge in [0.25, 0.3) is 0 Å². The van der Waals surface area contributed by atoms with Crippen molar-refractivity contribution in [3.05, 3.63) is 35.1 Å². The van der Waals surface area contributed by atoms with Crippen LogP contribution in [0.15, 0.2) is 18.2 Å². The molecule has 1 aliphatic carbocycles. The third-order valence-corrected chi connectivity index (χ3v) is 3.80. The van der Waals surface area contributed by atoms with Gasteiger partial charge in [0, 0.05) is 13.1 Å². The minimum atomic E-state index is -0.158. The van der Waals surface area contributed by atoms with Crippen LogP contribution in [0.2, 0.25) is 0 Å². The molecule has 1 aromatic rings. The van der Waals surface area contributed by atoms with E-state index in [0.29, 0.717) is 5.56 Å². The highest BCUT2D eigenvalue weighted by Gasteiger charge is 2.37. The Balaban J connectivity index is 1.97. The van der Waals surface area contributed by atoms with Crippen molar-refractivity contribution in [1.29, 1.82) is 5.26 Å². The lowest BCUT2D eigenvalue weighted by Crippen LogP contribution is -2.39. The lowest BCUT2D eigenvalue weighted by molar-refractivity contribution is 0.134. The summed E-state index contributed by atoms with van der Waals surface area (Å²) in [7, 11) is 2.02. The second-order valence-corrected chi connectivity index (χ2v) is 5.50. The first kappa shape index (κ1) is 13.0. The molecule has 1 aliphatic rings. The Bertz CT molecular complexity index is 472. The molecular formula is C15H19FN2. The average molecular weight is 246 g/mol. The van der Waals surface area contributed by atoms with Crippen LogP contribution in [-0.2, 0) is 6.54 Å². The smallest absolute Gasteiger partial charge is 0.126 e. The number of hydrogen-bond acceptors (Lipinski definition) is 2. The fourth-order valence-corrected chi connectivity index (χ4v) is 2.60. The first-order valence-electron chi connectivity index (χ1n) is 6.39. The molecule has 1 aromatic carbocycles. The predicted molar refractivity (Wildman–Crippen MR) is 69.4 cm³/mol. The van der Waals surface area contributed by atoms with Crippen LogP contribution in [0.5, 0.6) is 0 Å². The molecule has 2 nitrogen and oxygen atoms in total. The Hall–Kier alpha value is -1.40. The quantitative estimate of drug-likeness (QED) is 0.815. The SMILES string of the molecule is Cc1cc(CN(C)CC2(C#N)CCC2)ccc1F. The maximum Gasteiger partial charge on any atom is 0.126 e. The largest absolute Gasteiger partial charge is 0.301 e. The molecule has 3 heteroatoms. The van der Waals surface area contributed by atoms with Gasteiger partial charge in [0.1, 0.15) is 5.82 Å². The van der Waals surface area contributed by atoms with Crippen molar-refractivity contribution in [1.82, 2.24) is 4.90 Å². The van der Waals surface area contributed by atoms with Gasteiger partial charge in [-0.25, -0.2) is 4.39 Å². The molecule has 0 saturated heterocycles. The third kappa shape index (κ3) is 2.70. The number of rotatable bonds is 4. The van der Waals surface area contributed by atoms with Crippen LogP contribution in [0, 0.1) is 29.5 Å². The molecule has 2 rings (SSSR count). The summed E-state index contributed by atoms with van der Waals surface area (Å²) in [5.41, 5.74) is 1.65. The lowest BCUT2D eigenvalue weighted by Gasteiger charge is -2.38. The van der Waals surface area contributed by atoms with E-state index in [1.165, 1.54) is 6.07 Å². The van der Waals surface area contributed by atoms with E-state index in [1.807, 2.05) is 19.2 Å². The van der Waals surface area contributed by atoms with E-state index in [9.17, 15) is 9.65 Å². The first-order valence-corrected chi connectivity index (χ1v) is 6.39. The van der Waals surface area contributed by atoms with Crippen molar-refractivity contribution in [2.45, 2.75) is 32.7 Å². The van der Waals surface area contributed by atoms with Gasteiger partial charge >= 0.3 is 0 Å². The molecular weight excluding hydrogens is 227 g/mol. The van der Waals surface area contributed by atoms with E-state index in [2.05, 4.69) is 11.0 Å². The number of benzene rings is 1. The van der Waals surface area contributed by atoms with Gasteiger partial charge in [-0.3, -0.25) is 0 Å². The number of nitriles is 1. The van der Waals surface area contributed by atoms with Gasteiger partial charge < -0.3 is 4.90 Å². The van der Waals surface area contributed by atoms with Crippen LogP contribution in [0.4, 0.5) is 4.39 Å². The molecule has 0 heterocycles. The van der Waals surface area contributed by atoms with Gasteiger partial charge in [-0.15, -0.1) is 0 Å². The van der Waals surface area contributed by atoms with Crippen LogP contribution >= 0.6 is 0 Å². The van der Waals surface area contributed by atoms with Gasteiger partial charge in [-0.1, -0.05) is 18.6 Å². The molecule has 18 heavy (non-hydrogen) atoms.